The Morgan fingerprint density at radius 2 is 2.07 bits per heavy atom. The van der Waals surface area contributed by atoms with Crippen molar-refractivity contribution in [1.82, 2.24) is 5.32 Å². The molecule has 0 amide bonds. The van der Waals surface area contributed by atoms with Gasteiger partial charge in [0.15, 0.2) is 0 Å². The molecule has 2 saturated carbocycles. The number of fused-ring (bicyclic) bond motifs is 2. The average molecular weight is 197 g/mol. The van der Waals surface area contributed by atoms with Gasteiger partial charge in [-0.15, -0.1) is 0 Å². The van der Waals surface area contributed by atoms with Gasteiger partial charge in [0.2, 0.25) is 0 Å². The predicted octanol–water partition coefficient (Wildman–Crippen LogP) is 1.63. The van der Waals surface area contributed by atoms with Crippen LogP contribution in [0.25, 0.3) is 0 Å². The predicted molar refractivity (Wildman–Crippen MR) is 54.1 cm³/mol. The fraction of sp³-hybridized carbons (Fsp3) is 0.909. The molecule has 0 aromatic rings. The lowest BCUT2D eigenvalue weighted by Crippen LogP contribution is -2.53. The number of aliphatic carboxylic acids is 1. The topological polar surface area (TPSA) is 49.3 Å². The van der Waals surface area contributed by atoms with Gasteiger partial charge in [-0.25, -0.2) is 0 Å². The molecule has 0 saturated heterocycles. The fourth-order valence-electron chi connectivity index (χ4n) is 2.95. The van der Waals surface area contributed by atoms with Crippen LogP contribution in [0.1, 0.15) is 39.5 Å². The molecule has 2 aliphatic rings. The Hall–Kier alpha value is -0.570. The lowest BCUT2D eigenvalue weighted by molar-refractivity contribution is -0.143. The van der Waals surface area contributed by atoms with E-state index in [1.807, 2.05) is 0 Å². The van der Waals surface area contributed by atoms with Crippen molar-refractivity contribution in [3.63, 3.8) is 0 Å². The van der Waals surface area contributed by atoms with E-state index in [1.54, 1.807) is 13.8 Å². The van der Waals surface area contributed by atoms with Gasteiger partial charge in [0.05, 0.1) is 0 Å². The minimum atomic E-state index is -0.769. The van der Waals surface area contributed by atoms with Crippen LogP contribution >= 0.6 is 0 Å². The summed E-state index contributed by atoms with van der Waals surface area (Å²) in [6, 6.07) is 0.444. The molecule has 0 aliphatic heterocycles. The molecule has 2 N–H and O–H groups in total. The number of hydrogen-bond donors (Lipinski definition) is 2. The second-order valence-corrected chi connectivity index (χ2v) is 5.36. The van der Waals surface area contributed by atoms with E-state index in [0.29, 0.717) is 6.04 Å². The SMILES string of the molecule is CC(C)(NC1CC2CCC1C2)C(=O)O. The maximum atomic E-state index is 11.0. The summed E-state index contributed by atoms with van der Waals surface area (Å²) in [7, 11) is 0. The minimum Gasteiger partial charge on any atom is -0.480 e. The zero-order valence-corrected chi connectivity index (χ0v) is 8.92. The van der Waals surface area contributed by atoms with Crippen LogP contribution in [-0.4, -0.2) is 22.7 Å². The van der Waals surface area contributed by atoms with Gasteiger partial charge in [-0.1, -0.05) is 6.42 Å². The zero-order valence-electron chi connectivity index (χ0n) is 8.92. The highest BCUT2D eigenvalue weighted by Gasteiger charge is 2.42. The first-order valence-corrected chi connectivity index (χ1v) is 5.50. The molecule has 80 valence electrons. The largest absolute Gasteiger partial charge is 0.480 e. The van der Waals surface area contributed by atoms with E-state index in [4.69, 9.17) is 5.11 Å². The van der Waals surface area contributed by atoms with Crippen molar-refractivity contribution in [3.8, 4) is 0 Å². The first-order valence-electron chi connectivity index (χ1n) is 5.50. The highest BCUT2D eigenvalue weighted by atomic mass is 16.4. The fourth-order valence-corrected chi connectivity index (χ4v) is 2.95. The Bertz CT molecular complexity index is 250. The Labute approximate surface area is 84.9 Å². The summed E-state index contributed by atoms with van der Waals surface area (Å²) < 4.78 is 0. The average Bonchev–Trinajstić information content (AvgIpc) is 2.63. The third-order valence-corrected chi connectivity index (χ3v) is 3.82. The summed E-state index contributed by atoms with van der Waals surface area (Å²) in [4.78, 5) is 11.0. The Balaban J connectivity index is 1.95. The minimum absolute atomic E-state index is 0.444. The highest BCUT2D eigenvalue weighted by Crippen LogP contribution is 2.44. The van der Waals surface area contributed by atoms with Crippen molar-refractivity contribution < 1.29 is 9.90 Å². The third kappa shape index (κ3) is 1.65. The van der Waals surface area contributed by atoms with Gasteiger partial charge < -0.3 is 5.11 Å². The van der Waals surface area contributed by atoms with Gasteiger partial charge in [0, 0.05) is 6.04 Å². The van der Waals surface area contributed by atoms with E-state index < -0.39 is 11.5 Å². The van der Waals surface area contributed by atoms with Crippen molar-refractivity contribution in [2.75, 3.05) is 0 Å². The van der Waals surface area contributed by atoms with E-state index in [1.165, 1.54) is 25.7 Å². The number of rotatable bonds is 3. The van der Waals surface area contributed by atoms with Gasteiger partial charge in [-0.3, -0.25) is 10.1 Å². The number of carboxylic acids is 1. The van der Waals surface area contributed by atoms with Crippen molar-refractivity contribution in [3.05, 3.63) is 0 Å². The molecule has 3 unspecified atom stereocenters. The Kier molecular flexibility index (Phi) is 2.30. The molecule has 0 aromatic heterocycles. The van der Waals surface area contributed by atoms with Crippen LogP contribution in [0.3, 0.4) is 0 Å². The number of carboxylic acid groups (broad SMARTS) is 1. The lowest BCUT2D eigenvalue weighted by atomic mass is 9.92. The quantitative estimate of drug-likeness (QED) is 0.723. The summed E-state index contributed by atoms with van der Waals surface area (Å²) in [6.07, 6.45) is 5.14. The molecule has 3 atom stereocenters. The molecular formula is C11H19NO2. The van der Waals surface area contributed by atoms with Gasteiger partial charge in [0.25, 0.3) is 0 Å². The number of nitrogens with one attached hydrogen (secondary N) is 1. The van der Waals surface area contributed by atoms with Crippen LogP contribution < -0.4 is 5.32 Å². The van der Waals surface area contributed by atoms with E-state index >= 15 is 0 Å². The monoisotopic (exact) mass is 197 g/mol. The molecule has 2 rings (SSSR count). The summed E-state index contributed by atoms with van der Waals surface area (Å²) in [5, 5.41) is 12.3. The normalized spacial score (nSPS) is 36.3. The summed E-state index contributed by atoms with van der Waals surface area (Å²) >= 11 is 0. The van der Waals surface area contributed by atoms with Crippen LogP contribution in [0.5, 0.6) is 0 Å². The third-order valence-electron chi connectivity index (χ3n) is 3.82. The zero-order chi connectivity index (χ0) is 10.3. The Morgan fingerprint density at radius 3 is 2.50 bits per heavy atom. The van der Waals surface area contributed by atoms with Crippen LogP contribution in [0.2, 0.25) is 0 Å². The molecule has 0 heterocycles. The molecule has 2 fully saturated rings. The lowest BCUT2D eigenvalue weighted by Gasteiger charge is -2.31. The van der Waals surface area contributed by atoms with Crippen LogP contribution in [0.15, 0.2) is 0 Å². The van der Waals surface area contributed by atoms with Gasteiger partial charge >= 0.3 is 5.97 Å². The van der Waals surface area contributed by atoms with Crippen molar-refractivity contribution in [2.45, 2.75) is 51.1 Å². The molecule has 0 aromatic carbocycles. The van der Waals surface area contributed by atoms with Crippen LogP contribution in [-0.2, 0) is 4.79 Å². The second-order valence-electron chi connectivity index (χ2n) is 5.36. The standard InChI is InChI=1S/C11H19NO2/c1-11(2,10(13)14)12-9-6-7-3-4-8(9)5-7/h7-9,12H,3-6H2,1-2H3,(H,13,14). The Morgan fingerprint density at radius 1 is 1.36 bits per heavy atom. The molecule has 3 heteroatoms. The molecule has 14 heavy (non-hydrogen) atoms. The van der Waals surface area contributed by atoms with Crippen LogP contribution in [0, 0.1) is 11.8 Å². The molecule has 3 nitrogen and oxygen atoms in total. The van der Waals surface area contributed by atoms with Gasteiger partial charge in [-0.05, 0) is 44.9 Å². The molecule has 0 radical (unpaired) electrons. The van der Waals surface area contributed by atoms with E-state index in [9.17, 15) is 4.79 Å². The van der Waals surface area contributed by atoms with E-state index in [-0.39, 0.29) is 0 Å². The summed E-state index contributed by atoms with van der Waals surface area (Å²) in [5.41, 5.74) is -0.769. The summed E-state index contributed by atoms with van der Waals surface area (Å²) in [6.45, 7) is 3.50. The number of hydrogen-bond acceptors (Lipinski definition) is 2. The first kappa shape index (κ1) is 9.97. The maximum absolute atomic E-state index is 11.0. The van der Waals surface area contributed by atoms with Crippen molar-refractivity contribution in [2.24, 2.45) is 11.8 Å². The van der Waals surface area contributed by atoms with E-state index in [0.717, 1.165) is 11.8 Å². The van der Waals surface area contributed by atoms with Crippen molar-refractivity contribution >= 4 is 5.97 Å². The molecule has 2 bridgehead atoms. The smallest absolute Gasteiger partial charge is 0.323 e. The van der Waals surface area contributed by atoms with Crippen LogP contribution in [0.4, 0.5) is 0 Å². The van der Waals surface area contributed by atoms with Crippen molar-refractivity contribution in [1.29, 1.82) is 0 Å². The highest BCUT2D eigenvalue weighted by molar-refractivity contribution is 5.77. The van der Waals surface area contributed by atoms with Gasteiger partial charge in [0.1, 0.15) is 5.54 Å². The van der Waals surface area contributed by atoms with Gasteiger partial charge in [-0.2, -0.15) is 0 Å². The maximum Gasteiger partial charge on any atom is 0.323 e. The number of carbonyl (C=O) groups is 1. The molecular weight excluding hydrogens is 178 g/mol. The molecule has 0 spiro atoms. The first-order chi connectivity index (χ1) is 6.49. The van der Waals surface area contributed by atoms with E-state index in [2.05, 4.69) is 5.32 Å². The summed E-state index contributed by atoms with van der Waals surface area (Å²) in [5.74, 6) is 0.848. The second kappa shape index (κ2) is 3.23. The molecule has 2 aliphatic carbocycles.